The molecular weight excluding hydrogens is 336 g/mol. The van der Waals surface area contributed by atoms with Gasteiger partial charge in [0.25, 0.3) is 0 Å². The smallest absolute Gasteiger partial charge is 0.250 e. The van der Waals surface area contributed by atoms with Crippen molar-refractivity contribution in [3.8, 4) is 5.75 Å². The Morgan fingerprint density at radius 1 is 1.00 bits per heavy atom. The highest BCUT2D eigenvalue weighted by atomic mass is 28.4. The quantitative estimate of drug-likeness (QED) is 0.576. The minimum atomic E-state index is -1.76. The molecule has 2 aromatic rings. The summed E-state index contributed by atoms with van der Waals surface area (Å²) in [4.78, 5) is 0. The molecule has 0 aliphatic rings. The lowest BCUT2D eigenvalue weighted by molar-refractivity contribution is 0.492. The minimum absolute atomic E-state index is 0.222. The monoisotopic (exact) mass is 366 g/mol. The summed E-state index contributed by atoms with van der Waals surface area (Å²) < 4.78 is 6.36. The molecule has 0 saturated carbocycles. The third-order valence-corrected chi connectivity index (χ3v) is 10.5. The molecule has 0 aliphatic heterocycles. The average Bonchev–Trinajstić information content (AvgIpc) is 2.55. The van der Waals surface area contributed by atoms with Crippen molar-refractivity contribution in [1.29, 1.82) is 0 Å². The highest BCUT2D eigenvalue weighted by molar-refractivity contribution is 6.74. The maximum absolute atomic E-state index is 6.36. The standard InChI is InChI=1S/C22H30OSi2/c1-18(16-17-24-21-10-8-7-9-11-21)19-12-14-20(15-13-19)23-25(5,6)22(2,3)4/h7-16H,17H2,1-6H3/b18-16-. The van der Waals surface area contributed by atoms with E-state index in [0.717, 1.165) is 21.3 Å². The number of hydrogen-bond donors (Lipinski definition) is 0. The third-order valence-electron chi connectivity index (χ3n) is 4.98. The number of allylic oxidation sites excluding steroid dienone is 2. The van der Waals surface area contributed by atoms with Crippen LogP contribution in [-0.2, 0) is 0 Å². The van der Waals surface area contributed by atoms with Crippen LogP contribution in [0, 0.1) is 0 Å². The molecule has 2 rings (SSSR count). The molecule has 0 bridgehead atoms. The van der Waals surface area contributed by atoms with E-state index >= 15 is 0 Å². The van der Waals surface area contributed by atoms with Gasteiger partial charge in [-0.3, -0.25) is 0 Å². The van der Waals surface area contributed by atoms with E-state index < -0.39 is 8.32 Å². The number of benzene rings is 2. The molecule has 0 atom stereocenters. The maximum Gasteiger partial charge on any atom is 0.250 e. The zero-order chi connectivity index (χ0) is 18.5. The molecule has 1 nitrogen and oxygen atoms in total. The van der Waals surface area contributed by atoms with Crippen molar-refractivity contribution in [2.24, 2.45) is 0 Å². The second-order valence-corrected chi connectivity index (χ2v) is 14.1. The van der Waals surface area contributed by atoms with Crippen LogP contribution in [0.2, 0.25) is 24.2 Å². The fourth-order valence-corrected chi connectivity index (χ4v) is 4.33. The molecule has 0 unspecified atom stereocenters. The Morgan fingerprint density at radius 3 is 2.16 bits per heavy atom. The molecule has 2 aromatic carbocycles. The lowest BCUT2D eigenvalue weighted by Crippen LogP contribution is -2.43. The van der Waals surface area contributed by atoms with E-state index in [4.69, 9.17) is 4.43 Å². The molecule has 25 heavy (non-hydrogen) atoms. The topological polar surface area (TPSA) is 9.23 Å². The third kappa shape index (κ3) is 5.72. The van der Waals surface area contributed by atoms with E-state index in [1.165, 1.54) is 16.3 Å². The second-order valence-electron chi connectivity index (χ2n) is 8.02. The molecule has 2 radical (unpaired) electrons. The van der Waals surface area contributed by atoms with Crippen LogP contribution in [0.1, 0.15) is 33.3 Å². The number of hydrogen-bond acceptors (Lipinski definition) is 1. The van der Waals surface area contributed by atoms with E-state index in [1.54, 1.807) is 0 Å². The zero-order valence-corrected chi connectivity index (χ0v) is 18.4. The maximum atomic E-state index is 6.36. The summed E-state index contributed by atoms with van der Waals surface area (Å²) in [5, 5.41) is 1.64. The summed E-state index contributed by atoms with van der Waals surface area (Å²) in [6.07, 6.45) is 2.34. The predicted octanol–water partition coefficient (Wildman–Crippen LogP) is 5.92. The van der Waals surface area contributed by atoms with Crippen molar-refractivity contribution >= 4 is 28.6 Å². The van der Waals surface area contributed by atoms with Crippen molar-refractivity contribution in [2.75, 3.05) is 0 Å². The van der Waals surface area contributed by atoms with Gasteiger partial charge < -0.3 is 4.43 Å². The van der Waals surface area contributed by atoms with Gasteiger partial charge in [0.05, 0.1) is 9.52 Å². The van der Waals surface area contributed by atoms with Gasteiger partial charge in [-0.1, -0.05) is 74.5 Å². The molecule has 0 aromatic heterocycles. The van der Waals surface area contributed by atoms with Crippen LogP contribution in [0.15, 0.2) is 60.7 Å². The molecule has 3 heteroatoms. The van der Waals surface area contributed by atoms with Gasteiger partial charge in [-0.15, -0.1) is 0 Å². The summed E-state index contributed by atoms with van der Waals surface area (Å²) in [7, 11) is -0.932. The highest BCUT2D eigenvalue weighted by Crippen LogP contribution is 2.37. The summed E-state index contributed by atoms with van der Waals surface area (Å²) >= 11 is 0. The highest BCUT2D eigenvalue weighted by Gasteiger charge is 2.38. The van der Waals surface area contributed by atoms with Gasteiger partial charge >= 0.3 is 0 Å². The Hall–Kier alpha value is -1.59. The Labute approximate surface area is 157 Å². The van der Waals surface area contributed by atoms with Gasteiger partial charge in [0.1, 0.15) is 5.75 Å². The van der Waals surface area contributed by atoms with Gasteiger partial charge in [-0.05, 0) is 54.4 Å². The van der Waals surface area contributed by atoms with Crippen molar-refractivity contribution in [3.63, 3.8) is 0 Å². The summed E-state index contributed by atoms with van der Waals surface area (Å²) in [5.74, 6) is 0.995. The van der Waals surface area contributed by atoms with Crippen LogP contribution in [-0.4, -0.2) is 17.8 Å². The van der Waals surface area contributed by atoms with E-state index in [2.05, 4.69) is 101 Å². The first-order chi connectivity index (χ1) is 11.7. The van der Waals surface area contributed by atoms with Crippen molar-refractivity contribution < 1.29 is 4.43 Å². The second kappa shape index (κ2) is 8.20. The molecular formula is C22H30OSi2. The molecule has 0 fully saturated rings. The molecule has 0 heterocycles. The Balaban J connectivity index is 1.98. The van der Waals surface area contributed by atoms with E-state index in [9.17, 15) is 0 Å². The SMILES string of the molecule is C/C(=C/C[Si]c1ccccc1)c1ccc(O[Si](C)(C)C(C)(C)C)cc1. The van der Waals surface area contributed by atoms with Gasteiger partial charge in [0, 0.05) is 0 Å². The summed E-state index contributed by atoms with van der Waals surface area (Å²) in [5.41, 5.74) is 2.61. The normalized spacial score (nSPS) is 13.0. The first-order valence-electron chi connectivity index (χ1n) is 8.94. The average molecular weight is 367 g/mol. The zero-order valence-electron chi connectivity index (χ0n) is 16.4. The molecule has 0 spiro atoms. The van der Waals surface area contributed by atoms with Crippen molar-refractivity contribution in [2.45, 2.75) is 51.9 Å². The summed E-state index contributed by atoms with van der Waals surface area (Å²) in [6, 6.07) is 20.4. The number of rotatable bonds is 6. The van der Waals surface area contributed by atoms with Gasteiger partial charge in [0.2, 0.25) is 8.32 Å². The molecule has 132 valence electrons. The minimum Gasteiger partial charge on any atom is -0.544 e. The predicted molar refractivity (Wildman–Crippen MR) is 115 cm³/mol. The van der Waals surface area contributed by atoms with Crippen LogP contribution < -0.4 is 9.61 Å². The lowest BCUT2D eigenvalue weighted by Gasteiger charge is -2.36. The van der Waals surface area contributed by atoms with E-state index in [0.29, 0.717) is 0 Å². The molecule has 0 aliphatic carbocycles. The molecule has 0 N–H and O–H groups in total. The fraction of sp³-hybridized carbons (Fsp3) is 0.364. The largest absolute Gasteiger partial charge is 0.544 e. The van der Waals surface area contributed by atoms with E-state index in [-0.39, 0.29) is 5.04 Å². The Kier molecular flexibility index (Phi) is 6.47. The Bertz CT molecular complexity index is 695. The molecule has 0 saturated heterocycles. The van der Waals surface area contributed by atoms with Crippen LogP contribution >= 0.6 is 0 Å². The van der Waals surface area contributed by atoms with Gasteiger partial charge in [-0.25, -0.2) is 0 Å². The first-order valence-corrected chi connectivity index (χ1v) is 13.1. The van der Waals surface area contributed by atoms with E-state index in [1.807, 2.05) is 0 Å². The Morgan fingerprint density at radius 2 is 1.60 bits per heavy atom. The summed E-state index contributed by atoms with van der Waals surface area (Å²) in [6.45, 7) is 13.6. The van der Waals surface area contributed by atoms with Crippen molar-refractivity contribution in [3.05, 3.63) is 66.2 Å². The van der Waals surface area contributed by atoms with Gasteiger partial charge in [-0.2, -0.15) is 0 Å². The van der Waals surface area contributed by atoms with Crippen LogP contribution in [0.3, 0.4) is 0 Å². The first kappa shape index (κ1) is 19.7. The van der Waals surface area contributed by atoms with Crippen LogP contribution in [0.5, 0.6) is 5.75 Å². The van der Waals surface area contributed by atoms with Crippen molar-refractivity contribution in [1.82, 2.24) is 0 Å². The van der Waals surface area contributed by atoms with Crippen LogP contribution in [0.4, 0.5) is 0 Å². The van der Waals surface area contributed by atoms with Crippen LogP contribution in [0.25, 0.3) is 5.57 Å². The van der Waals surface area contributed by atoms with Gasteiger partial charge in [0.15, 0.2) is 0 Å². The lowest BCUT2D eigenvalue weighted by atomic mass is 10.1. The molecule has 0 amide bonds. The fourth-order valence-electron chi connectivity index (χ4n) is 2.23.